The Kier molecular flexibility index (Phi) is 7.83. The number of sulfonamides is 1. The Labute approximate surface area is 153 Å². The number of nitrogens with one attached hydrogen (secondary N) is 2. The Bertz CT molecular complexity index is 701. The van der Waals surface area contributed by atoms with Gasteiger partial charge < -0.3 is 19.9 Å². The molecule has 26 heavy (non-hydrogen) atoms. The summed E-state index contributed by atoms with van der Waals surface area (Å²) in [4.78, 5) is 11.1. The Morgan fingerprint density at radius 3 is 2.88 bits per heavy atom. The van der Waals surface area contributed by atoms with Gasteiger partial charge in [-0.25, -0.2) is 17.9 Å². The van der Waals surface area contributed by atoms with Crippen molar-refractivity contribution in [2.45, 2.75) is 37.2 Å². The molecular weight excluding hydrogens is 360 g/mol. The van der Waals surface area contributed by atoms with Crippen LogP contribution in [-0.4, -0.2) is 58.5 Å². The zero-order valence-corrected chi connectivity index (χ0v) is 15.7. The van der Waals surface area contributed by atoms with Crippen molar-refractivity contribution in [1.82, 2.24) is 4.72 Å². The molecule has 1 saturated heterocycles. The van der Waals surface area contributed by atoms with Crippen LogP contribution in [0.15, 0.2) is 23.1 Å². The number of hydrogen-bond donors (Lipinski definition) is 3. The second kappa shape index (κ2) is 9.86. The second-order valence-electron chi connectivity index (χ2n) is 5.98. The molecule has 0 bridgehead atoms. The van der Waals surface area contributed by atoms with Crippen molar-refractivity contribution in [3.8, 4) is 0 Å². The minimum atomic E-state index is -3.87. The summed E-state index contributed by atoms with van der Waals surface area (Å²) in [5.74, 6) is -1.18. The third kappa shape index (κ3) is 5.94. The third-order valence-electron chi connectivity index (χ3n) is 4.03. The van der Waals surface area contributed by atoms with E-state index in [1.54, 1.807) is 0 Å². The van der Waals surface area contributed by atoms with Gasteiger partial charge in [0.05, 0.1) is 17.4 Å². The van der Waals surface area contributed by atoms with Crippen molar-refractivity contribution >= 4 is 21.7 Å². The van der Waals surface area contributed by atoms with E-state index in [9.17, 15) is 13.2 Å². The molecule has 1 fully saturated rings. The maximum absolute atomic E-state index is 12.7. The van der Waals surface area contributed by atoms with Crippen LogP contribution in [0.25, 0.3) is 0 Å². The van der Waals surface area contributed by atoms with E-state index in [4.69, 9.17) is 14.6 Å². The summed E-state index contributed by atoms with van der Waals surface area (Å²) in [6.07, 6.45) is 2.28. The third-order valence-corrected chi connectivity index (χ3v) is 5.49. The molecule has 0 aliphatic carbocycles. The van der Waals surface area contributed by atoms with Crippen LogP contribution in [0, 0.1) is 0 Å². The first-order chi connectivity index (χ1) is 12.4. The van der Waals surface area contributed by atoms with Crippen LogP contribution in [0.5, 0.6) is 0 Å². The number of carboxylic acids is 1. The molecule has 0 amide bonds. The lowest BCUT2D eigenvalue weighted by Gasteiger charge is -2.16. The smallest absolute Gasteiger partial charge is 0.335 e. The number of aromatic carboxylic acids is 1. The molecule has 0 radical (unpaired) electrons. The minimum absolute atomic E-state index is 0.0770. The first-order valence-corrected chi connectivity index (χ1v) is 10.2. The summed E-state index contributed by atoms with van der Waals surface area (Å²) in [7, 11) is -3.87. The van der Waals surface area contributed by atoms with Crippen LogP contribution in [0.4, 0.5) is 5.69 Å². The van der Waals surface area contributed by atoms with Gasteiger partial charge in [0.15, 0.2) is 0 Å². The monoisotopic (exact) mass is 386 g/mol. The molecule has 0 saturated carbocycles. The topological polar surface area (TPSA) is 114 Å². The molecule has 9 heteroatoms. The van der Waals surface area contributed by atoms with Gasteiger partial charge in [-0.05, 0) is 44.4 Å². The van der Waals surface area contributed by atoms with E-state index in [2.05, 4.69) is 10.0 Å². The summed E-state index contributed by atoms with van der Waals surface area (Å²) in [5.41, 5.74) is 0.286. The van der Waals surface area contributed by atoms with Gasteiger partial charge in [0.2, 0.25) is 10.0 Å². The van der Waals surface area contributed by atoms with Gasteiger partial charge in [-0.1, -0.05) is 0 Å². The van der Waals surface area contributed by atoms with E-state index >= 15 is 0 Å². The highest BCUT2D eigenvalue weighted by atomic mass is 32.2. The second-order valence-corrected chi connectivity index (χ2v) is 7.72. The number of hydrogen-bond acceptors (Lipinski definition) is 6. The van der Waals surface area contributed by atoms with Gasteiger partial charge in [0.25, 0.3) is 0 Å². The fourth-order valence-corrected chi connectivity index (χ4v) is 3.92. The lowest BCUT2D eigenvalue weighted by molar-refractivity contribution is 0.0696. The van der Waals surface area contributed by atoms with E-state index in [-0.39, 0.29) is 23.1 Å². The van der Waals surface area contributed by atoms with E-state index in [0.717, 1.165) is 12.8 Å². The Hall–Kier alpha value is -1.68. The van der Waals surface area contributed by atoms with Gasteiger partial charge >= 0.3 is 5.97 Å². The molecule has 1 heterocycles. The number of ether oxygens (including phenoxy) is 2. The average Bonchev–Trinajstić information content (AvgIpc) is 3.13. The van der Waals surface area contributed by atoms with Crippen LogP contribution < -0.4 is 10.0 Å². The molecule has 0 unspecified atom stereocenters. The Morgan fingerprint density at radius 1 is 1.42 bits per heavy atom. The van der Waals surface area contributed by atoms with Crippen molar-refractivity contribution in [3.63, 3.8) is 0 Å². The molecule has 1 aromatic carbocycles. The summed E-state index contributed by atoms with van der Waals surface area (Å²) in [5, 5.41) is 12.2. The molecule has 2 rings (SSSR count). The quantitative estimate of drug-likeness (QED) is 0.496. The molecule has 146 valence electrons. The van der Waals surface area contributed by atoms with E-state index in [0.29, 0.717) is 38.5 Å². The summed E-state index contributed by atoms with van der Waals surface area (Å²) in [6.45, 7) is 4.41. The molecule has 8 nitrogen and oxygen atoms in total. The van der Waals surface area contributed by atoms with Gasteiger partial charge in [0.1, 0.15) is 4.90 Å². The molecule has 1 aromatic rings. The predicted octanol–water partition coefficient (Wildman–Crippen LogP) is 1.68. The van der Waals surface area contributed by atoms with Gasteiger partial charge in [-0.3, -0.25) is 0 Å². The van der Waals surface area contributed by atoms with E-state index in [1.807, 2.05) is 6.92 Å². The lowest BCUT2D eigenvalue weighted by atomic mass is 10.2. The molecule has 3 N–H and O–H groups in total. The minimum Gasteiger partial charge on any atom is -0.478 e. The zero-order valence-electron chi connectivity index (χ0n) is 14.9. The summed E-state index contributed by atoms with van der Waals surface area (Å²) >= 11 is 0. The maximum atomic E-state index is 12.7. The standard InChI is InChI=1S/C17H26N2O6S/c1-2-24-9-4-8-18-15-7-6-13(17(20)21)11-16(15)26(22,23)19-12-14-5-3-10-25-14/h6-7,11,14,18-19H,2-5,8-10,12H2,1H3,(H,20,21)/t14-/m0/s1. The van der Waals surface area contributed by atoms with Crippen molar-refractivity contribution in [1.29, 1.82) is 0 Å². The maximum Gasteiger partial charge on any atom is 0.335 e. The molecule has 1 atom stereocenters. The van der Waals surface area contributed by atoms with Crippen LogP contribution in [0.3, 0.4) is 0 Å². The Balaban J connectivity index is 2.12. The van der Waals surface area contributed by atoms with Crippen molar-refractivity contribution in [3.05, 3.63) is 23.8 Å². The molecule has 0 spiro atoms. The first-order valence-electron chi connectivity index (χ1n) is 8.74. The first kappa shape index (κ1) is 20.6. The highest BCUT2D eigenvalue weighted by Crippen LogP contribution is 2.23. The Morgan fingerprint density at radius 2 is 2.23 bits per heavy atom. The van der Waals surface area contributed by atoms with Gasteiger partial charge in [-0.15, -0.1) is 0 Å². The predicted molar refractivity (Wildman–Crippen MR) is 97.2 cm³/mol. The normalized spacial score (nSPS) is 17.3. The average molecular weight is 386 g/mol. The number of benzene rings is 1. The van der Waals surface area contributed by atoms with E-state index in [1.165, 1.54) is 18.2 Å². The largest absolute Gasteiger partial charge is 0.478 e. The SMILES string of the molecule is CCOCCCNc1ccc(C(=O)O)cc1S(=O)(=O)NC[C@@H]1CCCO1. The highest BCUT2D eigenvalue weighted by molar-refractivity contribution is 7.89. The van der Waals surface area contributed by atoms with Crippen LogP contribution in [0.1, 0.15) is 36.5 Å². The fraction of sp³-hybridized carbons (Fsp3) is 0.588. The van der Waals surface area contributed by atoms with E-state index < -0.39 is 16.0 Å². The summed E-state index contributed by atoms with van der Waals surface area (Å²) < 4.78 is 38.6. The van der Waals surface area contributed by atoms with Crippen LogP contribution in [-0.2, 0) is 19.5 Å². The van der Waals surface area contributed by atoms with Crippen molar-refractivity contribution in [2.24, 2.45) is 0 Å². The molecule has 1 aliphatic rings. The van der Waals surface area contributed by atoms with Crippen LogP contribution >= 0.6 is 0 Å². The zero-order chi connectivity index (χ0) is 19.0. The molecule has 0 aromatic heterocycles. The molecule has 1 aliphatic heterocycles. The number of anilines is 1. The van der Waals surface area contributed by atoms with Gasteiger partial charge in [0, 0.05) is 32.9 Å². The van der Waals surface area contributed by atoms with Crippen molar-refractivity contribution < 1.29 is 27.8 Å². The van der Waals surface area contributed by atoms with Crippen molar-refractivity contribution in [2.75, 3.05) is 38.2 Å². The van der Waals surface area contributed by atoms with Crippen LogP contribution in [0.2, 0.25) is 0 Å². The molecular formula is C17H26N2O6S. The fourth-order valence-electron chi connectivity index (χ4n) is 2.65. The van der Waals surface area contributed by atoms with Gasteiger partial charge in [-0.2, -0.15) is 0 Å². The lowest BCUT2D eigenvalue weighted by Crippen LogP contribution is -2.32. The number of rotatable bonds is 11. The summed E-state index contributed by atoms with van der Waals surface area (Å²) in [6, 6.07) is 4.03. The number of carboxylic acid groups (broad SMARTS) is 1. The number of carbonyl (C=O) groups is 1. The highest BCUT2D eigenvalue weighted by Gasteiger charge is 2.23.